The van der Waals surface area contributed by atoms with Gasteiger partial charge in [0.15, 0.2) is 17.3 Å². The second kappa shape index (κ2) is 7.88. The van der Waals surface area contributed by atoms with Gasteiger partial charge in [-0.25, -0.2) is 4.98 Å². The fourth-order valence-corrected chi connectivity index (χ4v) is 2.92. The molecule has 0 unspecified atom stereocenters. The number of nitrogens with zero attached hydrogens (tertiary/aromatic N) is 3. The van der Waals surface area contributed by atoms with Crippen LogP contribution in [-0.4, -0.2) is 22.1 Å². The second-order valence-electron chi connectivity index (χ2n) is 6.12. The van der Waals surface area contributed by atoms with Crippen molar-refractivity contribution in [3.63, 3.8) is 0 Å². The molecule has 4 aromatic rings. The Morgan fingerprint density at radius 1 is 0.929 bits per heavy atom. The molecule has 2 aromatic carbocycles. The molecule has 0 radical (unpaired) electrons. The van der Waals surface area contributed by atoms with E-state index in [-0.39, 0.29) is 0 Å². The first-order valence-corrected chi connectivity index (χ1v) is 8.94. The van der Waals surface area contributed by atoms with Crippen molar-refractivity contribution in [2.24, 2.45) is 0 Å². The average Bonchev–Trinajstić information content (AvgIpc) is 2.75. The van der Waals surface area contributed by atoms with Crippen molar-refractivity contribution in [2.75, 3.05) is 7.11 Å². The number of pyridine rings is 1. The Balaban J connectivity index is 1.82. The van der Waals surface area contributed by atoms with Crippen molar-refractivity contribution in [2.45, 2.75) is 6.92 Å². The van der Waals surface area contributed by atoms with E-state index in [1.807, 2.05) is 73.7 Å². The smallest absolute Gasteiger partial charge is 0.230 e. The Kier molecular flexibility index (Phi) is 4.97. The molecular weight excluding hydrogens is 350 g/mol. The van der Waals surface area contributed by atoms with Crippen molar-refractivity contribution < 1.29 is 9.47 Å². The molecule has 0 aliphatic carbocycles. The fourth-order valence-electron chi connectivity index (χ4n) is 2.92. The predicted octanol–water partition coefficient (Wildman–Crippen LogP) is 5.53. The number of methoxy groups -OCH3 is 1. The highest BCUT2D eigenvalue weighted by Gasteiger charge is 2.14. The molecule has 0 aliphatic rings. The molecule has 5 heteroatoms. The molecule has 0 spiro atoms. The maximum Gasteiger partial charge on any atom is 0.230 e. The standard InChI is InChI=1S/C23H19N3O2/c1-3-7-16-11-12-20(21(14-16)27-2)28-23-18-9-4-5-10-19(18)25-22(26-23)17-8-6-13-24-15-17/h3-15H,1-2H3/b7-3+. The van der Waals surface area contributed by atoms with Crippen LogP contribution in [0.15, 0.2) is 73.1 Å². The van der Waals surface area contributed by atoms with Crippen molar-refractivity contribution in [3.8, 4) is 28.8 Å². The average molecular weight is 369 g/mol. The number of para-hydroxylation sites is 1. The highest BCUT2D eigenvalue weighted by atomic mass is 16.5. The Labute approximate surface area is 163 Å². The maximum absolute atomic E-state index is 6.19. The molecule has 2 heterocycles. The quantitative estimate of drug-likeness (QED) is 0.463. The zero-order chi connectivity index (χ0) is 19.3. The first-order chi connectivity index (χ1) is 13.8. The predicted molar refractivity (Wildman–Crippen MR) is 111 cm³/mol. The van der Waals surface area contributed by atoms with Crippen LogP contribution >= 0.6 is 0 Å². The Morgan fingerprint density at radius 3 is 2.61 bits per heavy atom. The van der Waals surface area contributed by atoms with Gasteiger partial charge in [-0.05, 0) is 48.9 Å². The molecule has 0 amide bonds. The van der Waals surface area contributed by atoms with E-state index >= 15 is 0 Å². The summed E-state index contributed by atoms with van der Waals surface area (Å²) in [6.45, 7) is 1.98. The maximum atomic E-state index is 6.19. The molecule has 0 fully saturated rings. The zero-order valence-electron chi connectivity index (χ0n) is 15.7. The Hall–Kier alpha value is -3.73. The van der Waals surface area contributed by atoms with Crippen molar-refractivity contribution in [1.82, 2.24) is 15.0 Å². The third-order valence-corrected chi connectivity index (χ3v) is 4.24. The zero-order valence-corrected chi connectivity index (χ0v) is 15.7. The normalized spacial score (nSPS) is 11.1. The Bertz CT molecular complexity index is 1140. The molecule has 28 heavy (non-hydrogen) atoms. The van der Waals surface area contributed by atoms with E-state index in [0.717, 1.165) is 22.0 Å². The number of aromatic nitrogens is 3. The highest BCUT2D eigenvalue weighted by molar-refractivity contribution is 5.85. The summed E-state index contributed by atoms with van der Waals surface area (Å²) >= 11 is 0. The molecule has 0 saturated heterocycles. The molecule has 0 saturated carbocycles. The van der Waals surface area contributed by atoms with Crippen molar-refractivity contribution in [3.05, 3.63) is 78.6 Å². The lowest BCUT2D eigenvalue weighted by atomic mass is 10.2. The van der Waals surface area contributed by atoms with Crippen molar-refractivity contribution >= 4 is 17.0 Å². The van der Waals surface area contributed by atoms with Crippen LogP contribution in [-0.2, 0) is 0 Å². The third-order valence-electron chi connectivity index (χ3n) is 4.24. The van der Waals surface area contributed by atoms with Crippen LogP contribution in [0.25, 0.3) is 28.4 Å². The van der Waals surface area contributed by atoms with Gasteiger partial charge in [0.05, 0.1) is 18.0 Å². The minimum atomic E-state index is 0.474. The number of rotatable bonds is 5. The summed E-state index contributed by atoms with van der Waals surface area (Å²) in [5.74, 6) is 2.27. The summed E-state index contributed by atoms with van der Waals surface area (Å²) in [5, 5.41) is 0.828. The molecule has 0 bridgehead atoms. The molecule has 4 rings (SSSR count). The van der Waals surface area contributed by atoms with Crippen LogP contribution in [0.1, 0.15) is 12.5 Å². The first kappa shape index (κ1) is 17.7. The fraction of sp³-hybridized carbons (Fsp3) is 0.0870. The van der Waals surface area contributed by atoms with Crippen molar-refractivity contribution in [1.29, 1.82) is 0 Å². The summed E-state index contributed by atoms with van der Waals surface area (Å²) in [4.78, 5) is 13.5. The number of fused-ring (bicyclic) bond motifs is 1. The summed E-state index contributed by atoms with van der Waals surface area (Å²) in [7, 11) is 1.63. The molecular formula is C23H19N3O2. The monoisotopic (exact) mass is 369 g/mol. The van der Waals surface area contributed by atoms with E-state index < -0.39 is 0 Å². The molecule has 138 valence electrons. The summed E-state index contributed by atoms with van der Waals surface area (Å²) < 4.78 is 11.7. The molecule has 0 atom stereocenters. The first-order valence-electron chi connectivity index (χ1n) is 8.94. The van der Waals surface area contributed by atoms with Crippen LogP contribution in [0.5, 0.6) is 17.4 Å². The number of ether oxygens (including phenoxy) is 2. The molecule has 5 nitrogen and oxygen atoms in total. The van der Waals surface area contributed by atoms with Gasteiger partial charge in [0.1, 0.15) is 0 Å². The van der Waals surface area contributed by atoms with Gasteiger partial charge in [-0.2, -0.15) is 4.98 Å². The molecule has 0 aliphatic heterocycles. The van der Waals surface area contributed by atoms with Gasteiger partial charge >= 0.3 is 0 Å². The van der Waals surface area contributed by atoms with Crippen LogP contribution < -0.4 is 9.47 Å². The van der Waals surface area contributed by atoms with Gasteiger partial charge < -0.3 is 9.47 Å². The van der Waals surface area contributed by atoms with Gasteiger partial charge in [-0.15, -0.1) is 0 Å². The van der Waals surface area contributed by atoms with E-state index in [1.165, 1.54) is 0 Å². The SMILES string of the molecule is C/C=C/c1ccc(Oc2nc(-c3cccnc3)nc3ccccc23)c(OC)c1. The van der Waals surface area contributed by atoms with Crippen LogP contribution in [0, 0.1) is 0 Å². The lowest BCUT2D eigenvalue weighted by Gasteiger charge is -2.13. The van der Waals surface area contributed by atoms with Gasteiger partial charge in [0.25, 0.3) is 0 Å². The highest BCUT2D eigenvalue weighted by Crippen LogP contribution is 2.35. The van der Waals surface area contributed by atoms with Gasteiger partial charge in [-0.1, -0.05) is 30.4 Å². The van der Waals surface area contributed by atoms with E-state index in [0.29, 0.717) is 23.2 Å². The number of benzene rings is 2. The van der Waals surface area contributed by atoms with Crippen LogP contribution in [0.4, 0.5) is 0 Å². The number of hydrogen-bond acceptors (Lipinski definition) is 5. The third kappa shape index (κ3) is 3.55. The van der Waals surface area contributed by atoms with E-state index in [1.54, 1.807) is 19.5 Å². The topological polar surface area (TPSA) is 57.1 Å². The lowest BCUT2D eigenvalue weighted by molar-refractivity contribution is 0.375. The van der Waals surface area contributed by atoms with E-state index in [2.05, 4.69) is 15.0 Å². The second-order valence-corrected chi connectivity index (χ2v) is 6.12. The number of hydrogen-bond donors (Lipinski definition) is 0. The lowest BCUT2D eigenvalue weighted by Crippen LogP contribution is -1.97. The summed E-state index contributed by atoms with van der Waals surface area (Å²) in [6.07, 6.45) is 7.44. The number of allylic oxidation sites excluding steroid dienone is 1. The molecule has 0 N–H and O–H groups in total. The van der Waals surface area contributed by atoms with E-state index in [9.17, 15) is 0 Å². The van der Waals surface area contributed by atoms with Gasteiger partial charge in [0.2, 0.25) is 5.88 Å². The van der Waals surface area contributed by atoms with Gasteiger partial charge in [0, 0.05) is 18.0 Å². The van der Waals surface area contributed by atoms with Gasteiger partial charge in [-0.3, -0.25) is 4.98 Å². The van der Waals surface area contributed by atoms with Crippen LogP contribution in [0.3, 0.4) is 0 Å². The van der Waals surface area contributed by atoms with E-state index in [4.69, 9.17) is 9.47 Å². The minimum absolute atomic E-state index is 0.474. The summed E-state index contributed by atoms with van der Waals surface area (Å²) in [5.41, 5.74) is 2.67. The van der Waals surface area contributed by atoms with Crippen LogP contribution in [0.2, 0.25) is 0 Å². The minimum Gasteiger partial charge on any atom is -0.493 e. The Morgan fingerprint density at radius 2 is 1.82 bits per heavy atom. The largest absolute Gasteiger partial charge is 0.493 e. The summed E-state index contributed by atoms with van der Waals surface area (Å²) in [6, 6.07) is 17.3. The molecule has 2 aromatic heterocycles.